The summed E-state index contributed by atoms with van der Waals surface area (Å²) in [7, 11) is 0. The number of halogens is 6. The number of alkyl halides is 6. The van der Waals surface area contributed by atoms with Crippen molar-refractivity contribution in [2.24, 2.45) is 5.92 Å². The lowest BCUT2D eigenvalue weighted by molar-refractivity contribution is -0.158. The van der Waals surface area contributed by atoms with Crippen molar-refractivity contribution in [1.82, 2.24) is 4.98 Å². The fraction of sp³-hybridized carbons (Fsp3) is 0.375. The van der Waals surface area contributed by atoms with Crippen LogP contribution in [0.3, 0.4) is 0 Å². The zero-order valence-corrected chi connectivity index (χ0v) is 25.7. The van der Waals surface area contributed by atoms with E-state index >= 15 is 0 Å². The number of ketones is 1. The third-order valence-corrected chi connectivity index (χ3v) is 6.00. The van der Waals surface area contributed by atoms with Crippen LogP contribution in [0, 0.1) is 5.92 Å². The van der Waals surface area contributed by atoms with E-state index in [0.29, 0.717) is 23.6 Å². The second-order valence-corrected chi connectivity index (χ2v) is 11.8. The molecule has 1 aromatic heterocycles. The Morgan fingerprint density at radius 1 is 0.870 bits per heavy atom. The molecule has 8 nitrogen and oxygen atoms in total. The average Bonchev–Trinajstić information content (AvgIpc) is 2.90. The third-order valence-electron chi connectivity index (χ3n) is 6.00. The van der Waals surface area contributed by atoms with Crippen LogP contribution in [0.25, 0.3) is 11.1 Å². The van der Waals surface area contributed by atoms with Crippen molar-refractivity contribution in [3.05, 3.63) is 71.5 Å². The summed E-state index contributed by atoms with van der Waals surface area (Å²) in [5.74, 6) is -2.61. The molecule has 0 aliphatic carbocycles. The molecule has 2 aromatic carbocycles. The van der Waals surface area contributed by atoms with Crippen molar-refractivity contribution < 1.29 is 50.2 Å². The number of nitrogens with one attached hydrogen (secondary N) is 2. The van der Waals surface area contributed by atoms with E-state index in [-0.39, 0.29) is 5.56 Å². The minimum absolute atomic E-state index is 0.147. The summed E-state index contributed by atoms with van der Waals surface area (Å²) < 4.78 is 89.4. The molecule has 0 unspecified atom stereocenters. The highest BCUT2D eigenvalue weighted by atomic mass is 19.4. The average molecular weight is 654 g/mol. The molecule has 0 aliphatic rings. The second kappa shape index (κ2) is 14.2. The van der Waals surface area contributed by atoms with E-state index in [4.69, 9.17) is 4.74 Å². The number of ether oxygens (including phenoxy) is 2. The zero-order valence-electron chi connectivity index (χ0n) is 25.7. The van der Waals surface area contributed by atoms with Gasteiger partial charge in [0.05, 0.1) is 23.4 Å². The van der Waals surface area contributed by atoms with Gasteiger partial charge in [-0.2, -0.15) is 26.3 Å². The Balaban J connectivity index is 1.90. The van der Waals surface area contributed by atoms with Crippen LogP contribution in [0.15, 0.2) is 54.7 Å². The highest BCUT2D eigenvalue weighted by Gasteiger charge is 2.38. The molecular formula is C32H33F6N3O5. The Morgan fingerprint density at radius 2 is 1.52 bits per heavy atom. The van der Waals surface area contributed by atoms with Crippen LogP contribution in [0.2, 0.25) is 0 Å². The molecule has 0 atom stereocenters. The van der Waals surface area contributed by atoms with Gasteiger partial charge in [0.25, 0.3) is 0 Å². The molecule has 2 N–H and O–H groups in total. The molecule has 14 heteroatoms. The molecule has 0 spiro atoms. The van der Waals surface area contributed by atoms with Crippen molar-refractivity contribution >= 4 is 29.2 Å². The van der Waals surface area contributed by atoms with Gasteiger partial charge in [-0.25, -0.2) is 4.79 Å². The van der Waals surface area contributed by atoms with Gasteiger partial charge < -0.3 is 14.8 Å². The lowest BCUT2D eigenvalue weighted by Gasteiger charge is -2.22. The molecular weight excluding hydrogens is 620 g/mol. The number of carbonyl (C=O) groups is 3. The highest BCUT2D eigenvalue weighted by molar-refractivity contribution is 6.12. The maximum Gasteiger partial charge on any atom is 0.422 e. The molecule has 0 radical (unpaired) electrons. The number of rotatable bonds is 10. The summed E-state index contributed by atoms with van der Waals surface area (Å²) >= 11 is 0. The number of carbonyl (C=O) groups excluding carboxylic acids is 3. The largest absolute Gasteiger partial charge is 0.483 e. The minimum atomic E-state index is -5.22. The summed E-state index contributed by atoms with van der Waals surface area (Å²) in [4.78, 5) is 42.7. The Morgan fingerprint density at radius 3 is 2.13 bits per heavy atom. The zero-order chi connectivity index (χ0) is 34.4. The predicted molar refractivity (Wildman–Crippen MR) is 159 cm³/mol. The summed E-state index contributed by atoms with van der Waals surface area (Å²) in [6.45, 7) is 6.55. The Bertz CT molecular complexity index is 1580. The molecule has 0 saturated carbocycles. The van der Waals surface area contributed by atoms with Gasteiger partial charge in [0.15, 0.2) is 12.4 Å². The maximum atomic E-state index is 13.9. The van der Waals surface area contributed by atoms with Gasteiger partial charge in [-0.05, 0) is 68.5 Å². The maximum absolute atomic E-state index is 13.9. The molecule has 0 aliphatic heterocycles. The van der Waals surface area contributed by atoms with E-state index in [1.165, 1.54) is 26.8 Å². The number of pyridine rings is 1. The lowest BCUT2D eigenvalue weighted by Crippen LogP contribution is -2.28. The molecule has 0 saturated heterocycles. The first kappa shape index (κ1) is 35.9. The van der Waals surface area contributed by atoms with Crippen LogP contribution < -0.4 is 15.4 Å². The van der Waals surface area contributed by atoms with Crippen molar-refractivity contribution in [2.75, 3.05) is 17.2 Å². The number of amides is 2. The van der Waals surface area contributed by atoms with E-state index in [0.717, 1.165) is 17.7 Å². The Hall–Kier alpha value is -4.62. The van der Waals surface area contributed by atoms with Gasteiger partial charge in [-0.15, -0.1) is 0 Å². The molecule has 3 aromatic rings. The van der Waals surface area contributed by atoms with Crippen LogP contribution in [-0.2, 0) is 22.1 Å². The highest BCUT2D eigenvalue weighted by Crippen LogP contribution is 2.42. The molecule has 2 amide bonds. The Labute approximate surface area is 261 Å². The van der Waals surface area contributed by atoms with Crippen molar-refractivity contribution in [3.8, 4) is 16.9 Å². The van der Waals surface area contributed by atoms with E-state index in [9.17, 15) is 40.7 Å². The lowest BCUT2D eigenvalue weighted by atomic mass is 9.99. The van der Waals surface area contributed by atoms with Gasteiger partial charge in [-0.1, -0.05) is 32.0 Å². The predicted octanol–water partition coefficient (Wildman–Crippen LogP) is 8.47. The monoisotopic (exact) mass is 653 g/mol. The fourth-order valence-corrected chi connectivity index (χ4v) is 4.20. The first-order valence-electron chi connectivity index (χ1n) is 14.0. The van der Waals surface area contributed by atoms with Gasteiger partial charge >= 0.3 is 18.4 Å². The van der Waals surface area contributed by atoms with Crippen LogP contribution in [0.1, 0.15) is 62.7 Å². The van der Waals surface area contributed by atoms with Gasteiger partial charge in [0.2, 0.25) is 5.91 Å². The quantitative estimate of drug-likeness (QED) is 0.129. The van der Waals surface area contributed by atoms with Crippen molar-refractivity contribution in [3.63, 3.8) is 0 Å². The van der Waals surface area contributed by atoms with E-state index in [1.54, 1.807) is 30.5 Å². The summed E-state index contributed by atoms with van der Waals surface area (Å²) in [5.41, 5.74) is -1.46. The van der Waals surface area contributed by atoms with Crippen molar-refractivity contribution in [1.29, 1.82) is 0 Å². The number of hydrogen-bond donors (Lipinski definition) is 2. The first-order chi connectivity index (χ1) is 21.2. The number of benzene rings is 2. The van der Waals surface area contributed by atoms with Crippen LogP contribution in [0.4, 0.5) is 42.5 Å². The number of aromatic nitrogens is 1. The molecule has 1 heterocycles. The molecule has 3 rings (SSSR count). The summed E-state index contributed by atoms with van der Waals surface area (Å²) in [6, 6.07) is 10.9. The summed E-state index contributed by atoms with van der Waals surface area (Å²) in [5, 5.41) is 4.27. The number of Topliss-reactive ketones (excluding diaryl/α,β-unsaturated/α-hetero) is 1. The second-order valence-electron chi connectivity index (χ2n) is 11.8. The first-order valence-corrected chi connectivity index (χ1v) is 14.0. The van der Waals surface area contributed by atoms with Gasteiger partial charge in [-0.3, -0.25) is 19.9 Å². The van der Waals surface area contributed by atoms with Crippen molar-refractivity contribution in [2.45, 2.75) is 65.4 Å². The molecule has 0 fully saturated rings. The van der Waals surface area contributed by atoms with E-state index < -0.39 is 71.5 Å². The number of nitrogens with zero attached hydrogens (tertiary/aromatic N) is 1. The SMILES string of the molecule is CC(C)Cc1cc(-c2cccc(C(=O)CC(=O)Nc3cc(C(F)(F)F)c(OCC(F)(F)F)cc3NC(=O)OC(C)(C)C)c2)ccn1. The fourth-order valence-electron chi connectivity index (χ4n) is 4.20. The van der Waals surface area contributed by atoms with Crippen LogP contribution in [-0.4, -0.2) is 41.2 Å². The van der Waals surface area contributed by atoms with Gasteiger partial charge in [0, 0.05) is 23.5 Å². The Kier molecular flexibility index (Phi) is 11.1. The number of anilines is 2. The van der Waals surface area contributed by atoms with E-state index in [1.807, 2.05) is 6.07 Å². The van der Waals surface area contributed by atoms with Gasteiger partial charge in [0.1, 0.15) is 11.4 Å². The molecule has 46 heavy (non-hydrogen) atoms. The minimum Gasteiger partial charge on any atom is -0.483 e. The standard InChI is InChI=1S/C32H33F6N3O5/c1-18(2)11-22-13-20(9-10-39-22)19-7-6-8-21(12-19)26(42)16-28(43)40-24-14-23(32(36,37)38)27(45-17-31(33,34)35)15-25(24)41-29(44)46-30(3,4)5/h6-10,12-15,18H,11,16-17H2,1-5H3,(H,40,43)(H,41,44). The topological polar surface area (TPSA) is 107 Å². The third kappa shape index (κ3) is 11.1. The van der Waals surface area contributed by atoms with Crippen LogP contribution >= 0.6 is 0 Å². The summed E-state index contributed by atoms with van der Waals surface area (Å²) in [6.07, 6.45) is -9.79. The number of hydrogen-bond acceptors (Lipinski definition) is 6. The molecule has 248 valence electrons. The molecule has 0 bridgehead atoms. The smallest absolute Gasteiger partial charge is 0.422 e. The van der Waals surface area contributed by atoms with E-state index in [2.05, 4.69) is 34.2 Å². The normalized spacial score (nSPS) is 12.1. The van der Waals surface area contributed by atoms with Crippen LogP contribution in [0.5, 0.6) is 5.75 Å².